The van der Waals surface area contributed by atoms with E-state index in [9.17, 15) is 13.2 Å². The molecule has 2 fully saturated rings. The summed E-state index contributed by atoms with van der Waals surface area (Å²) in [6.45, 7) is 5.12. The van der Waals surface area contributed by atoms with Crippen LogP contribution in [0.25, 0.3) is 0 Å². The molecule has 182 valence electrons. The zero-order valence-corrected chi connectivity index (χ0v) is 21.8. The maximum atomic E-state index is 13.1. The van der Waals surface area contributed by atoms with Crippen molar-refractivity contribution in [2.75, 3.05) is 0 Å². The molecule has 5 nitrogen and oxygen atoms in total. The van der Waals surface area contributed by atoms with Crippen LogP contribution in [0, 0.1) is 77.6 Å². The minimum absolute atomic E-state index is 0. The van der Waals surface area contributed by atoms with Crippen molar-refractivity contribution in [3.8, 4) is 0 Å². The Morgan fingerprint density at radius 2 is 1.37 bits per heavy atom. The summed E-state index contributed by atoms with van der Waals surface area (Å²) in [5.41, 5.74) is 2.62. The molecule has 4 rings (SSSR count). The van der Waals surface area contributed by atoms with Crippen LogP contribution >= 0.6 is 0 Å². The third kappa shape index (κ3) is 8.75. The summed E-state index contributed by atoms with van der Waals surface area (Å²) in [6.07, 6.45) is 16.5. The average molecular weight is 531 g/mol. The van der Waals surface area contributed by atoms with Gasteiger partial charge in [-0.15, -0.1) is 0 Å². The molecule has 0 amide bonds. The van der Waals surface area contributed by atoms with E-state index in [-0.39, 0.29) is 22.0 Å². The van der Waals surface area contributed by atoms with Crippen molar-refractivity contribution in [1.82, 2.24) is 4.72 Å². The van der Waals surface area contributed by atoms with E-state index >= 15 is 0 Å². The number of hydrogen-bond acceptors (Lipinski definition) is 4. The first-order chi connectivity index (χ1) is 16.3. The fourth-order valence-electron chi connectivity index (χ4n) is 3.57. The van der Waals surface area contributed by atoms with Crippen LogP contribution < -0.4 is 4.72 Å². The molecule has 2 aromatic rings. The van der Waals surface area contributed by atoms with Gasteiger partial charge >= 0.3 is 23.0 Å². The third-order valence-electron chi connectivity index (χ3n) is 5.31. The van der Waals surface area contributed by atoms with Crippen LogP contribution in [0.3, 0.4) is 0 Å². The molecule has 0 spiro atoms. The molecule has 2 saturated carbocycles. The molecular weight excluding hydrogens is 502 g/mol. The van der Waals surface area contributed by atoms with Crippen LogP contribution in [-0.2, 0) is 36.6 Å². The minimum atomic E-state index is -3.85. The van der Waals surface area contributed by atoms with Gasteiger partial charge in [-0.2, -0.15) is 0 Å². The van der Waals surface area contributed by atoms with Crippen LogP contribution in [0.5, 0.6) is 0 Å². The van der Waals surface area contributed by atoms with Crippen molar-refractivity contribution >= 4 is 16.0 Å². The molecule has 0 bridgehead atoms. The number of aryl methyl sites for hydroxylation is 2. The van der Waals surface area contributed by atoms with Crippen molar-refractivity contribution < 1.29 is 35.0 Å². The Morgan fingerprint density at radius 1 is 0.829 bits per heavy atom. The summed E-state index contributed by atoms with van der Waals surface area (Å²) in [5, 5.41) is 0. The van der Waals surface area contributed by atoms with E-state index in [0.29, 0.717) is 0 Å². The van der Waals surface area contributed by atoms with Crippen LogP contribution in [0.4, 0.5) is 0 Å². The number of hydrogen-bond donors (Lipinski definition) is 1. The predicted molar refractivity (Wildman–Crippen MR) is 133 cm³/mol. The van der Waals surface area contributed by atoms with E-state index in [4.69, 9.17) is 4.74 Å². The third-order valence-corrected chi connectivity index (χ3v) is 6.76. The Labute approximate surface area is 222 Å². The molecule has 35 heavy (non-hydrogen) atoms. The number of benzene rings is 2. The standard InChI is InChI=1S/C23H24NO4S.C5H5.Fe/c1-16-12-14-20(15-13-16)29(26,27)24-22(19-9-5-6-10-19)23(28-18(3)25)21-11-7-4-8-17(21)2;1-2-4-5-3-1;/h4-15,22-24H,1-3H3;1-5H;/q;;+2/t22-,23+;;/m0../s1. The SMILES string of the molecule is CC(=O)O[C@H](c1ccccc1C)[C@@H](NS(=O)(=O)c1ccc(C)cc1)[C]1[CH][CH][CH][CH]1.[CH]1[CH][CH][CH][CH]1.[Fe+2]. The fraction of sp³-hybridized carbons (Fsp3) is 0.179. The molecule has 7 heteroatoms. The van der Waals surface area contributed by atoms with Crippen LogP contribution in [0.1, 0.15) is 29.7 Å². The van der Waals surface area contributed by atoms with Crippen molar-refractivity contribution in [2.45, 2.75) is 37.8 Å². The Bertz CT molecular complexity index is 1020. The maximum absolute atomic E-state index is 13.1. The first kappa shape index (κ1) is 29.6. The summed E-state index contributed by atoms with van der Waals surface area (Å²) in [6, 6.07) is 13.3. The van der Waals surface area contributed by atoms with Gasteiger partial charge in [0, 0.05) is 12.8 Å². The fourth-order valence-corrected chi connectivity index (χ4v) is 4.79. The van der Waals surface area contributed by atoms with Crippen molar-refractivity contribution in [2.24, 2.45) is 0 Å². The molecule has 0 saturated heterocycles. The Balaban J connectivity index is 0.000000640. The smallest absolute Gasteiger partial charge is 0.456 e. The first-order valence-corrected chi connectivity index (χ1v) is 12.5. The van der Waals surface area contributed by atoms with E-state index in [0.717, 1.165) is 22.6 Å². The van der Waals surface area contributed by atoms with Gasteiger partial charge in [-0.05, 0) is 94.9 Å². The van der Waals surface area contributed by atoms with Gasteiger partial charge in [0.2, 0.25) is 10.0 Å². The van der Waals surface area contributed by atoms with Gasteiger partial charge in [0.05, 0.1) is 10.9 Å². The second kappa shape index (κ2) is 14.2. The largest absolute Gasteiger partial charge is 2.00 e. The molecule has 2 aliphatic carbocycles. The van der Waals surface area contributed by atoms with Gasteiger partial charge in [-0.3, -0.25) is 4.79 Å². The molecule has 0 aromatic heterocycles. The Morgan fingerprint density at radius 3 is 1.89 bits per heavy atom. The Kier molecular flexibility index (Phi) is 12.0. The summed E-state index contributed by atoms with van der Waals surface area (Å²) < 4.78 is 34.6. The van der Waals surface area contributed by atoms with Gasteiger partial charge in [0.25, 0.3) is 0 Å². The van der Waals surface area contributed by atoms with Gasteiger partial charge in [-0.1, -0.05) is 42.0 Å². The van der Waals surface area contributed by atoms with Crippen molar-refractivity contribution in [3.63, 3.8) is 0 Å². The van der Waals surface area contributed by atoms with Crippen LogP contribution in [0.15, 0.2) is 53.4 Å². The van der Waals surface area contributed by atoms with Gasteiger partial charge in [0.1, 0.15) is 6.10 Å². The number of sulfonamides is 1. The number of nitrogens with one attached hydrogen (secondary N) is 1. The van der Waals surface area contributed by atoms with E-state index in [1.807, 2.05) is 95.9 Å². The average Bonchev–Trinajstić information content (AvgIpc) is 3.54. The topological polar surface area (TPSA) is 72.5 Å². The maximum Gasteiger partial charge on any atom is 2.00 e. The minimum Gasteiger partial charge on any atom is -0.456 e. The van der Waals surface area contributed by atoms with E-state index < -0.39 is 28.1 Å². The normalized spacial score (nSPS) is 17.6. The van der Waals surface area contributed by atoms with Gasteiger partial charge in [0.15, 0.2) is 0 Å². The van der Waals surface area contributed by atoms with E-state index in [1.54, 1.807) is 24.3 Å². The summed E-state index contributed by atoms with van der Waals surface area (Å²) in [5.74, 6) is 0.236. The second-order valence-corrected chi connectivity index (χ2v) is 9.69. The number of rotatable bonds is 7. The monoisotopic (exact) mass is 531 g/mol. The summed E-state index contributed by atoms with van der Waals surface area (Å²) in [4.78, 5) is 12.0. The molecule has 2 aliphatic rings. The number of carbonyl (C=O) groups excluding carboxylic acids is 1. The van der Waals surface area contributed by atoms with Gasteiger partial charge in [-0.25, -0.2) is 13.1 Å². The number of carbonyl (C=O) groups is 1. The van der Waals surface area contributed by atoms with Crippen molar-refractivity contribution in [3.05, 3.63) is 129 Å². The first-order valence-electron chi connectivity index (χ1n) is 11.0. The zero-order chi connectivity index (χ0) is 24.6. The van der Waals surface area contributed by atoms with Crippen molar-refractivity contribution in [1.29, 1.82) is 0 Å². The van der Waals surface area contributed by atoms with Crippen LogP contribution in [-0.4, -0.2) is 20.4 Å². The summed E-state index contributed by atoms with van der Waals surface area (Å²) in [7, 11) is -3.85. The van der Waals surface area contributed by atoms with Crippen LogP contribution in [0.2, 0.25) is 0 Å². The number of ether oxygens (including phenoxy) is 1. The zero-order valence-electron chi connectivity index (χ0n) is 19.9. The molecule has 2 aromatic carbocycles. The molecule has 0 unspecified atom stereocenters. The van der Waals surface area contributed by atoms with E-state index in [1.165, 1.54) is 6.92 Å². The molecular formula is C28H29FeNO4S+2. The predicted octanol–water partition coefficient (Wildman–Crippen LogP) is 4.68. The number of esters is 1. The molecule has 0 heterocycles. The molecule has 2 atom stereocenters. The second-order valence-electron chi connectivity index (χ2n) is 7.98. The van der Waals surface area contributed by atoms with E-state index in [2.05, 4.69) is 4.72 Å². The molecule has 1 N–H and O–H groups in total. The molecule has 10 radical (unpaired) electrons. The van der Waals surface area contributed by atoms with Gasteiger partial charge < -0.3 is 4.74 Å². The quantitative estimate of drug-likeness (QED) is 0.416. The Hall–Kier alpha value is -1.66. The molecule has 0 aliphatic heterocycles. The summed E-state index contributed by atoms with van der Waals surface area (Å²) >= 11 is 0.